The van der Waals surface area contributed by atoms with Gasteiger partial charge in [0.1, 0.15) is 5.75 Å². The van der Waals surface area contributed by atoms with Crippen molar-refractivity contribution in [3.63, 3.8) is 0 Å². The topological polar surface area (TPSA) is 92.2 Å². The molecule has 0 unspecified atom stereocenters. The van der Waals surface area contributed by atoms with Gasteiger partial charge in [-0.3, -0.25) is 0 Å². The number of hydrogen-bond acceptors (Lipinski definition) is 6. The zero-order valence-corrected chi connectivity index (χ0v) is 15.2. The maximum absolute atomic E-state index is 12.7. The Labute approximate surface area is 154 Å². The van der Waals surface area contributed by atoms with Crippen LogP contribution in [0.2, 0.25) is 0 Å². The van der Waals surface area contributed by atoms with Crippen LogP contribution in [0.15, 0.2) is 29.3 Å². The van der Waals surface area contributed by atoms with Gasteiger partial charge in [0, 0.05) is 12.1 Å². The van der Waals surface area contributed by atoms with Crippen molar-refractivity contribution in [2.45, 2.75) is 36.2 Å². The summed E-state index contributed by atoms with van der Waals surface area (Å²) in [5.74, 6) is -0.602. The third-order valence-corrected chi connectivity index (χ3v) is 6.59. The number of aryl methyl sites for hydroxylation is 1. The first-order chi connectivity index (χ1) is 12.6. The lowest BCUT2D eigenvalue weighted by Crippen LogP contribution is -2.39. The largest absolute Gasteiger partial charge is 0.507 e. The van der Waals surface area contributed by atoms with E-state index in [1.54, 1.807) is 6.92 Å². The molecular formula is C17H18F3N3O3S. The highest BCUT2D eigenvalue weighted by Crippen LogP contribution is 2.37. The fourth-order valence-electron chi connectivity index (χ4n) is 3.03. The van der Waals surface area contributed by atoms with Crippen molar-refractivity contribution in [1.82, 2.24) is 15.5 Å². The molecule has 1 aromatic heterocycles. The Morgan fingerprint density at radius 3 is 2.52 bits per heavy atom. The molecule has 0 radical (unpaired) electrons. The van der Waals surface area contributed by atoms with Crippen LogP contribution in [-0.4, -0.2) is 42.1 Å². The molecule has 0 saturated carbocycles. The molecule has 1 aliphatic rings. The third-order valence-electron chi connectivity index (χ3n) is 4.52. The number of nitrogens with one attached hydrogen (secondary N) is 1. The SMILES string of the molecule is Cc1cc(S(=O)(=O)[C@@H]2CCCNC2)nnc1-c1ccc(C(F)(F)F)cc1O. The molecule has 0 aliphatic carbocycles. The van der Waals surface area contributed by atoms with Crippen LogP contribution in [0.4, 0.5) is 13.2 Å². The van der Waals surface area contributed by atoms with Crippen molar-refractivity contribution >= 4 is 9.84 Å². The second-order valence-corrected chi connectivity index (χ2v) is 8.63. The Bertz CT molecular complexity index is 956. The lowest BCUT2D eigenvalue weighted by atomic mass is 10.0. The number of halogens is 3. The number of alkyl halides is 3. The molecule has 1 atom stereocenters. The van der Waals surface area contributed by atoms with Crippen LogP contribution in [-0.2, 0) is 16.0 Å². The van der Waals surface area contributed by atoms with E-state index in [1.165, 1.54) is 6.07 Å². The minimum Gasteiger partial charge on any atom is -0.507 e. The number of phenolic OH excluding ortho intramolecular Hbond substituents is 1. The average Bonchev–Trinajstić information content (AvgIpc) is 2.62. The molecule has 6 nitrogen and oxygen atoms in total. The number of nitrogens with zero attached hydrogens (tertiary/aromatic N) is 2. The Morgan fingerprint density at radius 2 is 1.96 bits per heavy atom. The first-order valence-electron chi connectivity index (χ1n) is 8.30. The summed E-state index contributed by atoms with van der Waals surface area (Å²) in [6.45, 7) is 2.67. The molecule has 1 fully saturated rings. The van der Waals surface area contributed by atoms with Crippen molar-refractivity contribution in [2.75, 3.05) is 13.1 Å². The summed E-state index contributed by atoms with van der Waals surface area (Å²) < 4.78 is 63.6. The van der Waals surface area contributed by atoms with Crippen LogP contribution < -0.4 is 5.32 Å². The van der Waals surface area contributed by atoms with Gasteiger partial charge in [0.25, 0.3) is 0 Å². The molecule has 1 aliphatic heterocycles. The Hall–Kier alpha value is -2.20. The molecular weight excluding hydrogens is 383 g/mol. The molecule has 146 valence electrons. The van der Waals surface area contributed by atoms with E-state index < -0.39 is 32.6 Å². The van der Waals surface area contributed by atoms with Crippen LogP contribution in [0.5, 0.6) is 5.75 Å². The van der Waals surface area contributed by atoms with Gasteiger partial charge in [0.15, 0.2) is 5.03 Å². The van der Waals surface area contributed by atoms with E-state index in [9.17, 15) is 26.7 Å². The Balaban J connectivity index is 1.96. The number of benzene rings is 1. The molecule has 0 spiro atoms. The highest BCUT2D eigenvalue weighted by molar-refractivity contribution is 7.92. The number of hydrogen-bond donors (Lipinski definition) is 2. The molecule has 3 rings (SSSR count). The normalized spacial score (nSPS) is 18.4. The number of phenols is 1. The Morgan fingerprint density at radius 1 is 1.22 bits per heavy atom. The molecule has 2 heterocycles. The molecule has 0 amide bonds. The predicted molar refractivity (Wildman–Crippen MR) is 91.9 cm³/mol. The van der Waals surface area contributed by atoms with Crippen molar-refractivity contribution in [2.24, 2.45) is 0 Å². The van der Waals surface area contributed by atoms with Crippen molar-refractivity contribution in [1.29, 1.82) is 0 Å². The van der Waals surface area contributed by atoms with Crippen LogP contribution >= 0.6 is 0 Å². The van der Waals surface area contributed by atoms with Crippen molar-refractivity contribution in [3.05, 3.63) is 35.4 Å². The Kier molecular flexibility index (Phi) is 5.13. The van der Waals surface area contributed by atoms with E-state index in [0.717, 1.165) is 25.1 Å². The zero-order chi connectivity index (χ0) is 19.8. The molecule has 1 aromatic carbocycles. The van der Waals surface area contributed by atoms with E-state index in [1.807, 2.05) is 0 Å². The summed E-state index contributed by atoms with van der Waals surface area (Å²) in [7, 11) is -3.67. The van der Waals surface area contributed by atoms with Crippen LogP contribution in [0.3, 0.4) is 0 Å². The number of aromatic nitrogens is 2. The summed E-state index contributed by atoms with van der Waals surface area (Å²) in [4.78, 5) is 0. The second kappa shape index (κ2) is 7.08. The molecule has 10 heteroatoms. The lowest BCUT2D eigenvalue weighted by molar-refractivity contribution is -0.137. The fraction of sp³-hybridized carbons (Fsp3) is 0.412. The summed E-state index contributed by atoms with van der Waals surface area (Å²) in [5, 5.41) is 19.9. The number of sulfone groups is 1. The number of piperidine rings is 1. The maximum Gasteiger partial charge on any atom is 0.416 e. The molecule has 27 heavy (non-hydrogen) atoms. The molecule has 1 saturated heterocycles. The predicted octanol–water partition coefficient (Wildman–Crippen LogP) is 2.70. The molecule has 0 bridgehead atoms. The summed E-state index contributed by atoms with van der Waals surface area (Å²) in [6.07, 6.45) is -3.31. The third kappa shape index (κ3) is 3.91. The van der Waals surface area contributed by atoms with Gasteiger partial charge in [0.05, 0.1) is 16.5 Å². The minimum atomic E-state index is -4.58. The number of rotatable bonds is 3. The second-order valence-electron chi connectivity index (χ2n) is 6.46. The lowest BCUT2D eigenvalue weighted by Gasteiger charge is -2.22. The van der Waals surface area contributed by atoms with Crippen LogP contribution in [0.1, 0.15) is 24.0 Å². The highest BCUT2D eigenvalue weighted by atomic mass is 32.2. The van der Waals surface area contributed by atoms with E-state index in [4.69, 9.17) is 0 Å². The minimum absolute atomic E-state index is 0.0521. The van der Waals surface area contributed by atoms with Gasteiger partial charge >= 0.3 is 6.18 Å². The quantitative estimate of drug-likeness (QED) is 0.822. The van der Waals surface area contributed by atoms with E-state index in [0.29, 0.717) is 24.6 Å². The van der Waals surface area contributed by atoms with E-state index in [-0.39, 0.29) is 16.3 Å². The number of aromatic hydroxyl groups is 1. The monoisotopic (exact) mass is 401 g/mol. The van der Waals surface area contributed by atoms with E-state index in [2.05, 4.69) is 15.5 Å². The average molecular weight is 401 g/mol. The smallest absolute Gasteiger partial charge is 0.416 e. The van der Waals surface area contributed by atoms with Gasteiger partial charge in [-0.25, -0.2) is 8.42 Å². The van der Waals surface area contributed by atoms with Gasteiger partial charge < -0.3 is 10.4 Å². The van der Waals surface area contributed by atoms with E-state index >= 15 is 0 Å². The van der Waals surface area contributed by atoms with Crippen LogP contribution in [0, 0.1) is 6.92 Å². The standard InChI is InChI=1S/C17H18F3N3O3S/c1-10-7-15(27(25,26)12-3-2-6-21-9-12)22-23-16(10)13-5-4-11(8-14(13)24)17(18,19)20/h4-5,7-8,12,21,24H,2-3,6,9H2,1H3/t12-/m1/s1. The summed E-state index contributed by atoms with van der Waals surface area (Å²) in [6, 6.07) is 3.86. The van der Waals surface area contributed by atoms with Crippen molar-refractivity contribution < 1.29 is 26.7 Å². The first-order valence-corrected chi connectivity index (χ1v) is 9.85. The highest BCUT2D eigenvalue weighted by Gasteiger charge is 2.32. The zero-order valence-electron chi connectivity index (χ0n) is 14.4. The van der Waals surface area contributed by atoms with Gasteiger partial charge in [-0.2, -0.15) is 13.2 Å². The van der Waals surface area contributed by atoms with Gasteiger partial charge in [-0.15, -0.1) is 10.2 Å². The first kappa shape index (κ1) is 19.6. The molecule has 2 N–H and O–H groups in total. The van der Waals surface area contributed by atoms with Gasteiger partial charge in [0.2, 0.25) is 9.84 Å². The van der Waals surface area contributed by atoms with Gasteiger partial charge in [-0.1, -0.05) is 0 Å². The summed E-state index contributed by atoms with van der Waals surface area (Å²) in [5.41, 5.74) is -0.418. The summed E-state index contributed by atoms with van der Waals surface area (Å²) >= 11 is 0. The van der Waals surface area contributed by atoms with Crippen molar-refractivity contribution in [3.8, 4) is 17.0 Å². The molecule has 2 aromatic rings. The van der Waals surface area contributed by atoms with Gasteiger partial charge in [-0.05, 0) is 56.1 Å². The maximum atomic E-state index is 12.7. The van der Waals surface area contributed by atoms with Crippen LogP contribution in [0.25, 0.3) is 11.3 Å². The fourth-order valence-corrected chi connectivity index (χ4v) is 4.68.